The standard InChI is InChI=1S/C18H19Cl2N3O2/c19-15-10-21-11-16(20)18(15)23-8-6-22(7-9-23)17(24)13-25-12-14-4-2-1-3-5-14/h1-5,10-11H,6-9,12-13H2. The molecule has 0 bridgehead atoms. The number of carbonyl (C=O) groups excluding carboxylic acids is 1. The molecule has 1 fully saturated rings. The quantitative estimate of drug-likeness (QED) is 0.799. The van der Waals surface area contributed by atoms with Gasteiger partial charge >= 0.3 is 0 Å². The molecule has 25 heavy (non-hydrogen) atoms. The van der Waals surface area contributed by atoms with Crippen molar-refractivity contribution in [2.45, 2.75) is 6.61 Å². The van der Waals surface area contributed by atoms with Gasteiger partial charge in [0.15, 0.2) is 0 Å². The van der Waals surface area contributed by atoms with Gasteiger partial charge in [-0.15, -0.1) is 0 Å². The zero-order chi connectivity index (χ0) is 17.6. The van der Waals surface area contributed by atoms with Crippen molar-refractivity contribution in [1.82, 2.24) is 9.88 Å². The Morgan fingerprint density at radius 3 is 2.32 bits per heavy atom. The molecule has 1 aliphatic rings. The minimum Gasteiger partial charge on any atom is -0.367 e. The van der Waals surface area contributed by atoms with Crippen molar-refractivity contribution in [1.29, 1.82) is 0 Å². The number of aromatic nitrogens is 1. The van der Waals surface area contributed by atoms with E-state index in [4.69, 9.17) is 27.9 Å². The molecule has 0 N–H and O–H groups in total. The summed E-state index contributed by atoms with van der Waals surface area (Å²) in [6, 6.07) is 9.82. The summed E-state index contributed by atoms with van der Waals surface area (Å²) in [5.41, 5.74) is 1.84. The number of carbonyl (C=O) groups is 1. The molecule has 0 saturated carbocycles. The van der Waals surface area contributed by atoms with E-state index in [1.807, 2.05) is 35.2 Å². The second kappa shape index (κ2) is 8.52. The van der Waals surface area contributed by atoms with Gasteiger partial charge in [0.2, 0.25) is 5.91 Å². The van der Waals surface area contributed by atoms with Gasteiger partial charge in [0.25, 0.3) is 0 Å². The van der Waals surface area contributed by atoms with Crippen LogP contribution in [-0.2, 0) is 16.1 Å². The number of nitrogens with zero attached hydrogens (tertiary/aromatic N) is 3. The van der Waals surface area contributed by atoms with Gasteiger partial charge in [0.05, 0.1) is 22.3 Å². The number of halogens is 2. The molecule has 0 spiro atoms. The topological polar surface area (TPSA) is 45.7 Å². The monoisotopic (exact) mass is 379 g/mol. The van der Waals surface area contributed by atoms with Gasteiger partial charge in [0.1, 0.15) is 6.61 Å². The number of rotatable bonds is 5. The molecular weight excluding hydrogens is 361 g/mol. The summed E-state index contributed by atoms with van der Waals surface area (Å²) >= 11 is 12.4. The van der Waals surface area contributed by atoms with E-state index in [-0.39, 0.29) is 12.5 Å². The second-order valence-corrected chi connectivity index (χ2v) is 6.61. The van der Waals surface area contributed by atoms with Crippen LogP contribution in [0.25, 0.3) is 0 Å². The Bertz CT molecular complexity index is 699. The number of pyridine rings is 1. The second-order valence-electron chi connectivity index (χ2n) is 5.80. The van der Waals surface area contributed by atoms with Gasteiger partial charge in [-0.3, -0.25) is 9.78 Å². The summed E-state index contributed by atoms with van der Waals surface area (Å²) in [6.45, 7) is 3.10. The van der Waals surface area contributed by atoms with Crippen LogP contribution in [0.3, 0.4) is 0 Å². The first-order chi connectivity index (χ1) is 12.1. The van der Waals surface area contributed by atoms with Crippen molar-refractivity contribution >= 4 is 34.8 Å². The van der Waals surface area contributed by atoms with Gasteiger partial charge in [0, 0.05) is 38.6 Å². The maximum Gasteiger partial charge on any atom is 0.248 e. The summed E-state index contributed by atoms with van der Waals surface area (Å²) in [4.78, 5) is 20.1. The number of piperazine rings is 1. The predicted octanol–water partition coefficient (Wildman–Crippen LogP) is 3.25. The molecule has 0 aliphatic carbocycles. The first-order valence-electron chi connectivity index (χ1n) is 8.08. The number of benzene rings is 1. The lowest BCUT2D eigenvalue weighted by molar-refractivity contribution is -0.136. The zero-order valence-electron chi connectivity index (χ0n) is 13.7. The van der Waals surface area contributed by atoms with E-state index in [0.717, 1.165) is 11.3 Å². The normalized spacial score (nSPS) is 14.6. The lowest BCUT2D eigenvalue weighted by Gasteiger charge is -2.36. The average Bonchev–Trinajstić information content (AvgIpc) is 2.63. The highest BCUT2D eigenvalue weighted by molar-refractivity contribution is 6.38. The molecule has 2 heterocycles. The molecule has 5 nitrogen and oxygen atoms in total. The minimum atomic E-state index is 0.00232. The van der Waals surface area contributed by atoms with E-state index in [0.29, 0.717) is 42.8 Å². The Hall–Kier alpha value is -1.82. The first kappa shape index (κ1) is 18.0. The minimum absolute atomic E-state index is 0.00232. The molecule has 7 heteroatoms. The van der Waals surface area contributed by atoms with E-state index in [9.17, 15) is 4.79 Å². The van der Waals surface area contributed by atoms with Crippen molar-refractivity contribution in [2.75, 3.05) is 37.7 Å². The number of amides is 1. The van der Waals surface area contributed by atoms with Crippen molar-refractivity contribution in [3.8, 4) is 0 Å². The lowest BCUT2D eigenvalue weighted by atomic mass is 10.2. The molecule has 132 valence electrons. The average molecular weight is 380 g/mol. The third kappa shape index (κ3) is 4.63. The molecule has 2 aromatic rings. The predicted molar refractivity (Wildman–Crippen MR) is 99.1 cm³/mol. The summed E-state index contributed by atoms with van der Waals surface area (Å²) < 4.78 is 5.53. The maximum atomic E-state index is 12.3. The van der Waals surface area contributed by atoms with Crippen LogP contribution in [-0.4, -0.2) is 48.6 Å². The van der Waals surface area contributed by atoms with Crippen LogP contribution < -0.4 is 4.90 Å². The van der Waals surface area contributed by atoms with E-state index in [1.54, 1.807) is 12.4 Å². The lowest BCUT2D eigenvalue weighted by Crippen LogP contribution is -2.50. The molecule has 1 aliphatic heterocycles. The van der Waals surface area contributed by atoms with Gasteiger partial charge in [-0.2, -0.15) is 0 Å². The summed E-state index contributed by atoms with van der Waals surface area (Å²) in [5.74, 6) is 0.00232. The van der Waals surface area contributed by atoms with Gasteiger partial charge in [-0.1, -0.05) is 53.5 Å². The van der Waals surface area contributed by atoms with Crippen LogP contribution in [0, 0.1) is 0 Å². The molecule has 3 rings (SSSR count). The fourth-order valence-corrected chi connectivity index (χ4v) is 3.41. The Balaban J connectivity index is 1.48. The molecule has 1 amide bonds. The van der Waals surface area contributed by atoms with Crippen LogP contribution in [0.5, 0.6) is 0 Å². The Labute approximate surface area is 157 Å². The smallest absolute Gasteiger partial charge is 0.248 e. The molecule has 0 radical (unpaired) electrons. The number of hydrogen-bond acceptors (Lipinski definition) is 4. The van der Waals surface area contributed by atoms with E-state index in [2.05, 4.69) is 9.88 Å². The molecular formula is C18H19Cl2N3O2. The van der Waals surface area contributed by atoms with Crippen molar-refractivity contribution in [3.05, 3.63) is 58.3 Å². The third-order valence-electron chi connectivity index (χ3n) is 4.11. The highest BCUT2D eigenvalue weighted by Crippen LogP contribution is 2.33. The van der Waals surface area contributed by atoms with Gasteiger partial charge in [-0.05, 0) is 5.56 Å². The SMILES string of the molecule is O=C(COCc1ccccc1)N1CCN(c2c(Cl)cncc2Cl)CC1. The van der Waals surface area contributed by atoms with Crippen LogP contribution in [0.15, 0.2) is 42.7 Å². The van der Waals surface area contributed by atoms with Crippen molar-refractivity contribution in [2.24, 2.45) is 0 Å². The molecule has 1 saturated heterocycles. The maximum absolute atomic E-state index is 12.3. The number of hydrogen-bond donors (Lipinski definition) is 0. The Morgan fingerprint density at radius 1 is 1.04 bits per heavy atom. The summed E-state index contributed by atoms with van der Waals surface area (Å²) in [7, 11) is 0. The largest absolute Gasteiger partial charge is 0.367 e. The fourth-order valence-electron chi connectivity index (χ4n) is 2.81. The number of anilines is 1. The van der Waals surface area contributed by atoms with Crippen molar-refractivity contribution in [3.63, 3.8) is 0 Å². The molecule has 0 unspecified atom stereocenters. The summed E-state index contributed by atoms with van der Waals surface area (Å²) in [6.07, 6.45) is 3.16. The van der Waals surface area contributed by atoms with Gasteiger partial charge in [-0.25, -0.2) is 0 Å². The van der Waals surface area contributed by atoms with Crippen molar-refractivity contribution < 1.29 is 9.53 Å². The van der Waals surface area contributed by atoms with Crippen LogP contribution in [0.4, 0.5) is 5.69 Å². The van der Waals surface area contributed by atoms with Gasteiger partial charge < -0.3 is 14.5 Å². The summed E-state index contributed by atoms with van der Waals surface area (Å²) in [5, 5.41) is 1.05. The van der Waals surface area contributed by atoms with E-state index < -0.39 is 0 Å². The fraction of sp³-hybridized carbons (Fsp3) is 0.333. The first-order valence-corrected chi connectivity index (χ1v) is 8.84. The van der Waals surface area contributed by atoms with Crippen LogP contribution in [0.2, 0.25) is 10.0 Å². The highest BCUT2D eigenvalue weighted by Gasteiger charge is 2.23. The van der Waals surface area contributed by atoms with E-state index >= 15 is 0 Å². The van der Waals surface area contributed by atoms with Crippen LogP contribution in [0.1, 0.15) is 5.56 Å². The van der Waals surface area contributed by atoms with E-state index in [1.165, 1.54) is 0 Å². The molecule has 1 aromatic carbocycles. The zero-order valence-corrected chi connectivity index (χ0v) is 15.2. The molecule has 0 atom stereocenters. The third-order valence-corrected chi connectivity index (χ3v) is 4.67. The Kier molecular flexibility index (Phi) is 6.13. The highest BCUT2D eigenvalue weighted by atomic mass is 35.5. The molecule has 1 aromatic heterocycles. The Morgan fingerprint density at radius 2 is 1.68 bits per heavy atom. The number of ether oxygens (including phenoxy) is 1. The van der Waals surface area contributed by atoms with Crippen LogP contribution >= 0.6 is 23.2 Å².